The number of benzene rings is 1. The zero-order valence-corrected chi connectivity index (χ0v) is 15.0. The van der Waals surface area contributed by atoms with E-state index in [4.69, 9.17) is 9.26 Å². The van der Waals surface area contributed by atoms with Crippen LogP contribution in [0.3, 0.4) is 0 Å². The van der Waals surface area contributed by atoms with Crippen LogP contribution in [0.1, 0.15) is 38.0 Å². The van der Waals surface area contributed by atoms with Gasteiger partial charge in [-0.2, -0.15) is 4.98 Å². The van der Waals surface area contributed by atoms with E-state index in [0.717, 1.165) is 37.1 Å². The van der Waals surface area contributed by atoms with Crippen LogP contribution >= 0.6 is 0 Å². The number of ether oxygens (including phenoxy) is 1. The minimum atomic E-state index is 0.0302. The summed E-state index contributed by atoms with van der Waals surface area (Å²) in [7, 11) is 0. The van der Waals surface area contributed by atoms with E-state index in [-0.39, 0.29) is 12.1 Å². The average Bonchev–Trinajstić information content (AvgIpc) is 3.38. The number of aryl methyl sites for hydroxylation is 1. The number of carbonyl (C=O) groups is 1. The van der Waals surface area contributed by atoms with Crippen molar-refractivity contribution in [2.45, 2.75) is 51.2 Å². The second-order valence-corrected chi connectivity index (χ2v) is 7.07. The molecule has 0 radical (unpaired) electrons. The van der Waals surface area contributed by atoms with E-state index in [1.165, 1.54) is 12.8 Å². The van der Waals surface area contributed by atoms with Crippen LogP contribution in [-0.2, 0) is 0 Å². The summed E-state index contributed by atoms with van der Waals surface area (Å²) in [6, 6.07) is 8.04. The van der Waals surface area contributed by atoms with Crippen molar-refractivity contribution in [3.63, 3.8) is 0 Å². The van der Waals surface area contributed by atoms with Crippen molar-refractivity contribution < 1.29 is 14.1 Å². The first-order valence-corrected chi connectivity index (χ1v) is 9.30. The van der Waals surface area contributed by atoms with Crippen LogP contribution in [-0.4, -0.2) is 46.3 Å². The van der Waals surface area contributed by atoms with E-state index < -0.39 is 0 Å². The number of nitrogens with one attached hydrogen (secondary N) is 1. The molecular formula is C19H24N4O3. The van der Waals surface area contributed by atoms with Gasteiger partial charge in [-0.3, -0.25) is 0 Å². The Bertz CT molecular complexity index is 752. The quantitative estimate of drug-likeness (QED) is 0.910. The number of likely N-dealkylation sites (tertiary alicyclic amines) is 1. The van der Waals surface area contributed by atoms with Crippen LogP contribution in [0.15, 0.2) is 28.8 Å². The molecule has 1 aromatic carbocycles. The van der Waals surface area contributed by atoms with Gasteiger partial charge in [0, 0.05) is 31.5 Å². The predicted molar refractivity (Wildman–Crippen MR) is 95.9 cm³/mol. The Morgan fingerprint density at radius 3 is 2.69 bits per heavy atom. The first-order chi connectivity index (χ1) is 12.7. The number of carbonyl (C=O) groups excluding carboxylic acids is 1. The fraction of sp³-hybridized carbons (Fsp3) is 0.526. The molecule has 0 bridgehead atoms. The fourth-order valence-corrected chi connectivity index (χ4v) is 3.64. The van der Waals surface area contributed by atoms with Crippen LogP contribution in [0.2, 0.25) is 0 Å². The summed E-state index contributed by atoms with van der Waals surface area (Å²) in [5, 5.41) is 7.05. The predicted octanol–water partition coefficient (Wildman–Crippen LogP) is 3.15. The van der Waals surface area contributed by atoms with Gasteiger partial charge >= 0.3 is 6.03 Å². The first kappa shape index (κ1) is 16.9. The van der Waals surface area contributed by atoms with E-state index in [2.05, 4.69) is 15.5 Å². The third-order valence-electron chi connectivity index (χ3n) is 5.06. The van der Waals surface area contributed by atoms with Crippen molar-refractivity contribution in [3.8, 4) is 17.1 Å². The van der Waals surface area contributed by atoms with E-state index in [9.17, 15) is 4.79 Å². The number of urea groups is 1. The van der Waals surface area contributed by atoms with Gasteiger partial charge in [0.05, 0.1) is 6.54 Å². The Labute approximate surface area is 152 Å². The van der Waals surface area contributed by atoms with Gasteiger partial charge in [0.25, 0.3) is 0 Å². The monoisotopic (exact) mass is 356 g/mol. The SMILES string of the molecule is Cc1nc(-c2ccc(OC3CCN(C(=O)NC4CCCC4)C3)cc2)no1. The lowest BCUT2D eigenvalue weighted by Gasteiger charge is -2.20. The highest BCUT2D eigenvalue weighted by Crippen LogP contribution is 2.23. The van der Waals surface area contributed by atoms with Gasteiger partial charge in [0.15, 0.2) is 0 Å². The summed E-state index contributed by atoms with van der Waals surface area (Å²) in [4.78, 5) is 18.4. The number of rotatable bonds is 4. The zero-order valence-electron chi connectivity index (χ0n) is 15.0. The van der Waals surface area contributed by atoms with Crippen LogP contribution in [0.4, 0.5) is 4.79 Å². The van der Waals surface area contributed by atoms with Crippen LogP contribution in [0.25, 0.3) is 11.4 Å². The third kappa shape index (κ3) is 3.81. The number of amides is 2. The minimum absolute atomic E-state index is 0.0302. The summed E-state index contributed by atoms with van der Waals surface area (Å²) >= 11 is 0. The normalized spacial score (nSPS) is 20.5. The van der Waals surface area contributed by atoms with Gasteiger partial charge in [0.2, 0.25) is 11.7 Å². The Morgan fingerprint density at radius 1 is 1.23 bits per heavy atom. The molecule has 2 aliphatic rings. The largest absolute Gasteiger partial charge is 0.489 e. The number of nitrogens with zero attached hydrogens (tertiary/aromatic N) is 3. The maximum absolute atomic E-state index is 12.3. The molecule has 4 rings (SSSR count). The molecule has 1 saturated carbocycles. The molecule has 2 heterocycles. The van der Waals surface area contributed by atoms with Crippen LogP contribution < -0.4 is 10.1 Å². The number of hydrogen-bond acceptors (Lipinski definition) is 5. The maximum Gasteiger partial charge on any atom is 0.317 e. The van der Waals surface area contributed by atoms with Crippen molar-refractivity contribution in [1.82, 2.24) is 20.4 Å². The third-order valence-corrected chi connectivity index (χ3v) is 5.06. The maximum atomic E-state index is 12.3. The summed E-state index contributed by atoms with van der Waals surface area (Å²) in [5.74, 6) is 1.91. The number of aromatic nitrogens is 2. The average molecular weight is 356 g/mol. The van der Waals surface area contributed by atoms with Crippen molar-refractivity contribution in [3.05, 3.63) is 30.2 Å². The molecule has 2 amide bonds. The second kappa shape index (κ2) is 7.35. The van der Waals surface area contributed by atoms with Gasteiger partial charge in [0.1, 0.15) is 11.9 Å². The van der Waals surface area contributed by atoms with Crippen molar-refractivity contribution >= 4 is 6.03 Å². The lowest BCUT2D eigenvalue weighted by molar-refractivity contribution is 0.184. The molecule has 7 heteroatoms. The lowest BCUT2D eigenvalue weighted by atomic mass is 10.2. The van der Waals surface area contributed by atoms with E-state index in [1.54, 1.807) is 6.92 Å². The van der Waals surface area contributed by atoms with E-state index in [0.29, 0.717) is 24.3 Å². The Kier molecular flexibility index (Phi) is 4.77. The van der Waals surface area contributed by atoms with E-state index >= 15 is 0 Å². The molecule has 1 atom stereocenters. The summed E-state index contributed by atoms with van der Waals surface area (Å²) in [6.45, 7) is 3.14. The fourth-order valence-electron chi connectivity index (χ4n) is 3.64. The molecule has 26 heavy (non-hydrogen) atoms. The van der Waals surface area contributed by atoms with Crippen molar-refractivity contribution in [1.29, 1.82) is 0 Å². The summed E-state index contributed by atoms with van der Waals surface area (Å²) in [6.07, 6.45) is 5.52. The Hall–Kier alpha value is -2.57. The van der Waals surface area contributed by atoms with Gasteiger partial charge in [-0.1, -0.05) is 18.0 Å². The molecule has 138 valence electrons. The van der Waals surface area contributed by atoms with Gasteiger partial charge in [-0.05, 0) is 37.1 Å². The lowest BCUT2D eigenvalue weighted by Crippen LogP contribution is -2.43. The highest BCUT2D eigenvalue weighted by molar-refractivity contribution is 5.75. The molecule has 1 unspecified atom stereocenters. The highest BCUT2D eigenvalue weighted by atomic mass is 16.5. The summed E-state index contributed by atoms with van der Waals surface area (Å²) in [5.41, 5.74) is 0.887. The van der Waals surface area contributed by atoms with Crippen molar-refractivity contribution in [2.75, 3.05) is 13.1 Å². The van der Waals surface area contributed by atoms with Crippen LogP contribution in [0.5, 0.6) is 5.75 Å². The second-order valence-electron chi connectivity index (χ2n) is 7.07. The molecule has 2 aromatic rings. The van der Waals surface area contributed by atoms with E-state index in [1.807, 2.05) is 29.2 Å². The smallest absolute Gasteiger partial charge is 0.317 e. The zero-order chi connectivity index (χ0) is 17.9. The molecule has 7 nitrogen and oxygen atoms in total. The molecule has 0 spiro atoms. The van der Waals surface area contributed by atoms with Gasteiger partial charge < -0.3 is 19.5 Å². The minimum Gasteiger partial charge on any atom is -0.489 e. The standard InChI is InChI=1S/C19H24N4O3/c1-13-20-18(22-26-13)14-6-8-16(9-7-14)25-17-10-11-23(12-17)19(24)21-15-4-2-3-5-15/h6-9,15,17H,2-5,10-12H2,1H3,(H,21,24). The Morgan fingerprint density at radius 2 is 2.00 bits per heavy atom. The summed E-state index contributed by atoms with van der Waals surface area (Å²) < 4.78 is 11.0. The van der Waals surface area contributed by atoms with Crippen molar-refractivity contribution in [2.24, 2.45) is 0 Å². The molecule has 2 fully saturated rings. The topological polar surface area (TPSA) is 80.5 Å². The molecule has 1 aliphatic heterocycles. The molecule has 1 saturated heterocycles. The molecule has 1 N–H and O–H groups in total. The first-order valence-electron chi connectivity index (χ1n) is 9.30. The molecule has 1 aromatic heterocycles. The number of hydrogen-bond donors (Lipinski definition) is 1. The molecular weight excluding hydrogens is 332 g/mol. The highest BCUT2D eigenvalue weighted by Gasteiger charge is 2.29. The van der Waals surface area contributed by atoms with Gasteiger partial charge in [-0.15, -0.1) is 0 Å². The van der Waals surface area contributed by atoms with Gasteiger partial charge in [-0.25, -0.2) is 4.79 Å². The Balaban J connectivity index is 1.30. The van der Waals surface area contributed by atoms with Crippen LogP contribution in [0, 0.1) is 6.92 Å². The molecule has 1 aliphatic carbocycles.